The Labute approximate surface area is 183 Å². The normalized spacial score (nSPS) is 16.9. The van der Waals surface area contributed by atoms with E-state index >= 15 is 0 Å². The third-order valence-electron chi connectivity index (χ3n) is 4.55. The zero-order chi connectivity index (χ0) is 21.1. The minimum absolute atomic E-state index is 0.0190. The van der Waals surface area contributed by atoms with Gasteiger partial charge in [0.25, 0.3) is 5.91 Å². The lowest BCUT2D eigenvalue weighted by Crippen LogP contribution is -2.28. The first-order chi connectivity index (χ1) is 13.8. The second kappa shape index (κ2) is 8.99. The lowest BCUT2D eigenvalue weighted by Gasteiger charge is -2.15. The van der Waals surface area contributed by atoms with Crippen molar-refractivity contribution in [2.45, 2.75) is 19.8 Å². The van der Waals surface area contributed by atoms with Crippen molar-refractivity contribution in [3.8, 4) is 0 Å². The number of carboxylic acid groups (broad SMARTS) is 1. The molecule has 1 unspecified atom stereocenters. The molecule has 1 aliphatic rings. The number of aliphatic carboxylic acids is 1. The van der Waals surface area contributed by atoms with Crippen LogP contribution in [-0.2, 0) is 9.59 Å². The number of rotatable bonds is 6. The van der Waals surface area contributed by atoms with Gasteiger partial charge in [-0.1, -0.05) is 47.8 Å². The van der Waals surface area contributed by atoms with Gasteiger partial charge in [-0.05, 0) is 60.9 Å². The molecule has 5 nitrogen and oxygen atoms in total. The number of hydrogen-bond acceptors (Lipinski definition) is 3. The second-order valence-corrected chi connectivity index (χ2v) is 7.73. The van der Waals surface area contributed by atoms with Gasteiger partial charge in [-0.15, -0.1) is 0 Å². The van der Waals surface area contributed by atoms with E-state index in [1.807, 2.05) is 6.92 Å². The molecule has 29 heavy (non-hydrogen) atoms. The average molecular weight is 452 g/mol. The summed E-state index contributed by atoms with van der Waals surface area (Å²) in [5.74, 6) is -2.03. The fourth-order valence-electron chi connectivity index (χ4n) is 3.06. The predicted molar refractivity (Wildman–Crippen MR) is 117 cm³/mol. The summed E-state index contributed by atoms with van der Waals surface area (Å²) in [4.78, 5) is 24.8. The summed E-state index contributed by atoms with van der Waals surface area (Å²) in [5, 5.41) is 16.6. The number of carbonyl (C=O) groups is 2. The number of benzene rings is 2. The lowest BCUT2D eigenvalue weighted by molar-refractivity contribution is -0.132. The highest BCUT2D eigenvalue weighted by Crippen LogP contribution is 2.31. The molecule has 0 spiro atoms. The minimum Gasteiger partial charge on any atom is -0.478 e. The lowest BCUT2D eigenvalue weighted by atomic mass is 9.92. The molecule has 0 saturated carbocycles. The largest absolute Gasteiger partial charge is 0.478 e. The SMILES string of the molecule is CCC1=NN(c2ccc(Cl)cc2)C(=O)C1C/C(=C/c1ccc(Cl)c(Cl)c1)C(=O)O. The molecule has 0 radical (unpaired) electrons. The van der Waals surface area contributed by atoms with Crippen molar-refractivity contribution in [1.29, 1.82) is 0 Å². The van der Waals surface area contributed by atoms with E-state index in [1.165, 1.54) is 11.1 Å². The molecule has 1 amide bonds. The van der Waals surface area contributed by atoms with Crippen LogP contribution in [0.2, 0.25) is 15.1 Å². The average Bonchev–Trinajstić information content (AvgIpc) is 3.00. The van der Waals surface area contributed by atoms with Crippen LogP contribution < -0.4 is 5.01 Å². The molecule has 150 valence electrons. The molecule has 0 bridgehead atoms. The molecule has 0 saturated heterocycles. The van der Waals surface area contributed by atoms with E-state index < -0.39 is 11.9 Å². The number of amides is 1. The molecule has 0 fully saturated rings. The van der Waals surface area contributed by atoms with Crippen LogP contribution in [-0.4, -0.2) is 22.7 Å². The smallest absolute Gasteiger partial charge is 0.331 e. The number of carbonyl (C=O) groups excluding carboxylic acids is 1. The molecule has 8 heteroatoms. The molecule has 0 aliphatic carbocycles. The van der Waals surface area contributed by atoms with Crippen LogP contribution in [0.4, 0.5) is 5.69 Å². The van der Waals surface area contributed by atoms with Gasteiger partial charge in [0.05, 0.1) is 27.4 Å². The van der Waals surface area contributed by atoms with Crippen molar-refractivity contribution in [3.63, 3.8) is 0 Å². The van der Waals surface area contributed by atoms with Gasteiger partial charge in [-0.2, -0.15) is 5.10 Å². The maximum absolute atomic E-state index is 13.0. The molecule has 2 aromatic rings. The molecule has 1 N–H and O–H groups in total. The van der Waals surface area contributed by atoms with Gasteiger partial charge >= 0.3 is 5.97 Å². The first-order valence-electron chi connectivity index (χ1n) is 8.86. The topological polar surface area (TPSA) is 70.0 Å². The van der Waals surface area contributed by atoms with Gasteiger partial charge < -0.3 is 5.11 Å². The standard InChI is InChI=1S/C21H17Cl3N2O3/c1-2-19-16(20(27)26(25-19)15-6-4-14(22)5-7-15)11-13(21(28)29)9-12-3-8-17(23)18(24)10-12/h3-10,16H,2,11H2,1H3,(H,28,29)/b13-9-. The quantitative estimate of drug-likeness (QED) is 0.553. The number of halogens is 3. The maximum atomic E-state index is 13.0. The maximum Gasteiger partial charge on any atom is 0.331 e. The molecule has 1 atom stereocenters. The number of anilines is 1. The third kappa shape index (κ3) is 4.81. The van der Waals surface area contributed by atoms with Crippen LogP contribution in [0.15, 0.2) is 53.1 Å². The Balaban J connectivity index is 1.89. The zero-order valence-corrected chi connectivity index (χ0v) is 17.7. The van der Waals surface area contributed by atoms with Crippen LogP contribution in [0, 0.1) is 5.92 Å². The number of carboxylic acids is 1. The summed E-state index contributed by atoms with van der Waals surface area (Å²) < 4.78 is 0. The van der Waals surface area contributed by atoms with E-state index in [9.17, 15) is 14.7 Å². The number of nitrogens with zero attached hydrogens (tertiary/aromatic N) is 2. The highest BCUT2D eigenvalue weighted by molar-refractivity contribution is 6.42. The summed E-state index contributed by atoms with van der Waals surface area (Å²) in [6.45, 7) is 1.88. The van der Waals surface area contributed by atoms with E-state index in [0.717, 1.165) is 0 Å². The third-order valence-corrected chi connectivity index (χ3v) is 5.55. The van der Waals surface area contributed by atoms with Gasteiger partial charge in [0.2, 0.25) is 0 Å². The van der Waals surface area contributed by atoms with E-state index in [1.54, 1.807) is 42.5 Å². The van der Waals surface area contributed by atoms with E-state index in [4.69, 9.17) is 34.8 Å². The Morgan fingerprint density at radius 2 is 1.83 bits per heavy atom. The van der Waals surface area contributed by atoms with E-state index in [-0.39, 0.29) is 17.9 Å². The van der Waals surface area contributed by atoms with Crippen LogP contribution in [0.1, 0.15) is 25.3 Å². The summed E-state index contributed by atoms with van der Waals surface area (Å²) in [5.41, 5.74) is 1.89. The van der Waals surface area contributed by atoms with Crippen molar-refractivity contribution < 1.29 is 14.7 Å². The van der Waals surface area contributed by atoms with Gasteiger partial charge in [0, 0.05) is 10.6 Å². The first-order valence-corrected chi connectivity index (χ1v) is 9.99. The Kier molecular flexibility index (Phi) is 6.63. The van der Waals surface area contributed by atoms with E-state index in [0.29, 0.717) is 38.5 Å². The van der Waals surface area contributed by atoms with Crippen molar-refractivity contribution in [1.82, 2.24) is 0 Å². The van der Waals surface area contributed by atoms with Gasteiger partial charge in [-0.25, -0.2) is 9.80 Å². The zero-order valence-electron chi connectivity index (χ0n) is 15.4. The fourth-order valence-corrected chi connectivity index (χ4v) is 3.49. The molecular weight excluding hydrogens is 435 g/mol. The van der Waals surface area contributed by atoms with Crippen molar-refractivity contribution >= 4 is 64.2 Å². The van der Waals surface area contributed by atoms with Crippen LogP contribution in [0.5, 0.6) is 0 Å². The Morgan fingerprint density at radius 3 is 2.41 bits per heavy atom. The number of hydrazone groups is 1. The van der Waals surface area contributed by atoms with Crippen molar-refractivity contribution in [2.75, 3.05) is 5.01 Å². The fraction of sp³-hybridized carbons (Fsp3) is 0.190. The molecule has 3 rings (SSSR count). The molecular formula is C21H17Cl3N2O3. The van der Waals surface area contributed by atoms with Crippen LogP contribution in [0.3, 0.4) is 0 Å². The molecule has 2 aromatic carbocycles. The second-order valence-electron chi connectivity index (χ2n) is 6.48. The van der Waals surface area contributed by atoms with Gasteiger partial charge in [0.1, 0.15) is 0 Å². The Hall–Kier alpha value is -2.34. The monoisotopic (exact) mass is 450 g/mol. The molecule has 1 heterocycles. The summed E-state index contributed by atoms with van der Waals surface area (Å²) in [6.07, 6.45) is 2.04. The Morgan fingerprint density at radius 1 is 1.14 bits per heavy atom. The van der Waals surface area contributed by atoms with E-state index in [2.05, 4.69) is 5.10 Å². The predicted octanol–water partition coefficient (Wildman–Crippen LogP) is 5.93. The summed E-state index contributed by atoms with van der Waals surface area (Å²) >= 11 is 17.8. The minimum atomic E-state index is -1.11. The Bertz CT molecular complexity index is 1020. The number of hydrogen-bond donors (Lipinski definition) is 1. The molecule has 1 aliphatic heterocycles. The van der Waals surface area contributed by atoms with Gasteiger partial charge in [-0.3, -0.25) is 4.79 Å². The van der Waals surface area contributed by atoms with Crippen LogP contribution in [0.25, 0.3) is 6.08 Å². The molecule has 0 aromatic heterocycles. The first kappa shape index (κ1) is 21.4. The highest BCUT2D eigenvalue weighted by Gasteiger charge is 2.37. The summed E-state index contributed by atoms with van der Waals surface area (Å²) in [7, 11) is 0. The van der Waals surface area contributed by atoms with Crippen molar-refractivity contribution in [2.24, 2.45) is 11.0 Å². The van der Waals surface area contributed by atoms with Crippen LogP contribution >= 0.6 is 34.8 Å². The highest BCUT2D eigenvalue weighted by atomic mass is 35.5. The summed E-state index contributed by atoms with van der Waals surface area (Å²) in [6, 6.07) is 11.6. The van der Waals surface area contributed by atoms with Gasteiger partial charge in [0.15, 0.2) is 0 Å². The van der Waals surface area contributed by atoms with Crippen molar-refractivity contribution in [3.05, 3.63) is 68.7 Å².